The summed E-state index contributed by atoms with van der Waals surface area (Å²) in [5.74, 6) is 0.163. The van der Waals surface area contributed by atoms with E-state index in [9.17, 15) is 4.79 Å². The van der Waals surface area contributed by atoms with E-state index in [2.05, 4.69) is 33.9 Å². The van der Waals surface area contributed by atoms with E-state index >= 15 is 0 Å². The molecule has 5 nitrogen and oxygen atoms in total. The summed E-state index contributed by atoms with van der Waals surface area (Å²) in [6.07, 6.45) is 3.98. The Bertz CT molecular complexity index is 328. The Balaban J connectivity index is 3.28. The highest BCUT2D eigenvalue weighted by molar-refractivity contribution is 6.74. The third-order valence-electron chi connectivity index (χ3n) is 4.67. The second-order valence-corrected chi connectivity index (χ2v) is 12.9. The van der Waals surface area contributed by atoms with Crippen LogP contribution in [0.3, 0.4) is 0 Å². The fourth-order valence-corrected chi connectivity index (χ4v) is 2.88. The predicted octanol–water partition coefficient (Wildman–Crippen LogP) is 4.06. The van der Waals surface area contributed by atoms with Gasteiger partial charge in [0, 0.05) is 12.5 Å². The van der Waals surface area contributed by atoms with Gasteiger partial charge >= 0.3 is 0 Å². The van der Waals surface area contributed by atoms with E-state index in [0.717, 1.165) is 32.2 Å². The highest BCUT2D eigenvalue weighted by atomic mass is 28.4. The number of unbranched alkanes of at least 4 members (excludes halogenated alkanes) is 1. The second-order valence-electron chi connectivity index (χ2n) is 8.06. The van der Waals surface area contributed by atoms with Gasteiger partial charge < -0.3 is 23.4 Å². The molecule has 0 aliphatic rings. The van der Waals surface area contributed by atoms with E-state index < -0.39 is 8.32 Å². The van der Waals surface area contributed by atoms with E-state index in [1.165, 1.54) is 0 Å². The summed E-state index contributed by atoms with van der Waals surface area (Å²) in [7, 11) is -1.66. The maximum Gasteiger partial charge on any atom is 0.192 e. The van der Waals surface area contributed by atoms with E-state index in [0.29, 0.717) is 39.6 Å². The lowest BCUT2D eigenvalue weighted by Crippen LogP contribution is -2.41. The van der Waals surface area contributed by atoms with Crippen LogP contribution in [0.5, 0.6) is 0 Å². The van der Waals surface area contributed by atoms with Gasteiger partial charge in [0.1, 0.15) is 6.29 Å². The zero-order valence-electron chi connectivity index (χ0n) is 17.3. The normalized spacial score (nSPS) is 13.8. The highest BCUT2D eigenvalue weighted by Gasteiger charge is 2.36. The van der Waals surface area contributed by atoms with Crippen LogP contribution in [-0.4, -0.2) is 60.9 Å². The molecule has 150 valence electrons. The van der Waals surface area contributed by atoms with Gasteiger partial charge in [-0.3, -0.25) is 0 Å². The lowest BCUT2D eigenvalue weighted by Gasteiger charge is -2.36. The number of ether oxygens (including phenoxy) is 3. The van der Waals surface area contributed by atoms with Gasteiger partial charge in [-0.15, -0.1) is 0 Å². The average Bonchev–Trinajstić information content (AvgIpc) is 2.53. The summed E-state index contributed by atoms with van der Waals surface area (Å²) in [6.45, 7) is 17.5. The summed E-state index contributed by atoms with van der Waals surface area (Å²) in [6, 6.07) is 0. The largest absolute Gasteiger partial charge is 0.414 e. The molecule has 1 unspecified atom stereocenters. The number of hydrogen-bond donors (Lipinski definition) is 0. The Hall–Kier alpha value is -0.273. The molecule has 0 fully saturated rings. The minimum absolute atomic E-state index is 0.163. The van der Waals surface area contributed by atoms with E-state index in [1.54, 1.807) is 0 Å². The molecule has 0 amide bonds. The minimum Gasteiger partial charge on any atom is -0.414 e. The summed E-state index contributed by atoms with van der Waals surface area (Å²) in [4.78, 5) is 10.5. The molecule has 0 aromatic carbocycles. The summed E-state index contributed by atoms with van der Waals surface area (Å²) < 4.78 is 22.5. The Morgan fingerprint density at radius 3 is 1.80 bits per heavy atom. The molecule has 0 aliphatic heterocycles. The van der Waals surface area contributed by atoms with Crippen molar-refractivity contribution >= 4 is 14.6 Å². The van der Waals surface area contributed by atoms with Crippen LogP contribution in [0.4, 0.5) is 0 Å². The van der Waals surface area contributed by atoms with Gasteiger partial charge in [0.15, 0.2) is 8.32 Å². The lowest BCUT2D eigenvalue weighted by atomic mass is 10.1. The summed E-state index contributed by atoms with van der Waals surface area (Å²) in [5.41, 5.74) is 0. The number of aldehydes is 1. The van der Waals surface area contributed by atoms with Crippen LogP contribution in [0.1, 0.15) is 47.0 Å². The molecule has 25 heavy (non-hydrogen) atoms. The molecule has 0 saturated heterocycles. The predicted molar refractivity (Wildman–Crippen MR) is 105 cm³/mol. The van der Waals surface area contributed by atoms with Crippen LogP contribution in [0.25, 0.3) is 0 Å². The average molecular weight is 377 g/mol. The SMILES string of the molecule is CC(C=O)CCCCOCCOCCOCCO[Si](C)(C)C(C)(C)C. The third kappa shape index (κ3) is 13.6. The topological polar surface area (TPSA) is 54.0 Å². The highest BCUT2D eigenvalue weighted by Crippen LogP contribution is 2.36. The van der Waals surface area contributed by atoms with Crippen molar-refractivity contribution in [3.05, 3.63) is 0 Å². The third-order valence-corrected chi connectivity index (χ3v) is 9.21. The molecule has 0 spiro atoms. The summed E-state index contributed by atoms with van der Waals surface area (Å²) >= 11 is 0. The number of carbonyl (C=O) groups excluding carboxylic acids is 1. The van der Waals surface area contributed by atoms with Crippen LogP contribution in [0, 0.1) is 5.92 Å². The standard InChI is InChI=1S/C19H40O5Si/c1-18(17-20)9-7-8-10-21-11-12-22-13-14-23-15-16-24-25(5,6)19(2,3)4/h17-18H,7-16H2,1-6H3. The molecule has 0 aromatic rings. The second kappa shape index (κ2) is 13.9. The first-order valence-electron chi connectivity index (χ1n) is 9.53. The van der Waals surface area contributed by atoms with E-state index in [4.69, 9.17) is 18.6 Å². The lowest BCUT2D eigenvalue weighted by molar-refractivity contribution is -0.110. The van der Waals surface area contributed by atoms with E-state index in [1.807, 2.05) is 6.92 Å². The molecule has 0 radical (unpaired) electrons. The molecule has 0 bridgehead atoms. The zero-order valence-corrected chi connectivity index (χ0v) is 18.3. The van der Waals surface area contributed by atoms with Gasteiger partial charge in [-0.05, 0) is 31.0 Å². The van der Waals surface area contributed by atoms with Gasteiger partial charge in [-0.2, -0.15) is 0 Å². The molecule has 0 heterocycles. The minimum atomic E-state index is -1.66. The van der Waals surface area contributed by atoms with Crippen molar-refractivity contribution in [2.45, 2.75) is 65.1 Å². The van der Waals surface area contributed by atoms with Gasteiger partial charge in [0.25, 0.3) is 0 Å². The zero-order chi connectivity index (χ0) is 19.2. The Kier molecular flexibility index (Phi) is 13.7. The van der Waals surface area contributed by atoms with Crippen LogP contribution < -0.4 is 0 Å². The van der Waals surface area contributed by atoms with Crippen molar-refractivity contribution in [2.75, 3.05) is 46.2 Å². The summed E-state index contributed by atoms with van der Waals surface area (Å²) in [5, 5.41) is 0.239. The quantitative estimate of drug-likeness (QED) is 0.231. The Labute approximate surface area is 155 Å². The smallest absolute Gasteiger partial charge is 0.192 e. The van der Waals surface area contributed by atoms with Gasteiger partial charge in [0.05, 0.1) is 39.6 Å². The molecule has 0 aliphatic carbocycles. The van der Waals surface area contributed by atoms with Crippen LogP contribution in [-0.2, 0) is 23.4 Å². The molecule has 0 rings (SSSR count). The van der Waals surface area contributed by atoms with Crippen molar-refractivity contribution in [1.82, 2.24) is 0 Å². The van der Waals surface area contributed by atoms with Crippen LogP contribution in [0.15, 0.2) is 0 Å². The van der Waals surface area contributed by atoms with Crippen molar-refractivity contribution in [3.8, 4) is 0 Å². The first-order valence-corrected chi connectivity index (χ1v) is 12.4. The van der Waals surface area contributed by atoms with E-state index in [-0.39, 0.29) is 11.0 Å². The fourth-order valence-electron chi connectivity index (χ4n) is 1.85. The van der Waals surface area contributed by atoms with Crippen molar-refractivity contribution < 1.29 is 23.4 Å². The first-order chi connectivity index (χ1) is 11.7. The van der Waals surface area contributed by atoms with Crippen molar-refractivity contribution in [2.24, 2.45) is 5.92 Å². The number of carbonyl (C=O) groups is 1. The molecule has 1 atom stereocenters. The maximum atomic E-state index is 10.5. The number of rotatable bonds is 16. The van der Waals surface area contributed by atoms with Crippen LogP contribution in [0.2, 0.25) is 18.1 Å². The molecule has 0 saturated carbocycles. The molecular formula is C19H40O5Si. The van der Waals surface area contributed by atoms with Crippen molar-refractivity contribution in [1.29, 1.82) is 0 Å². The Morgan fingerprint density at radius 2 is 1.32 bits per heavy atom. The Morgan fingerprint density at radius 1 is 0.840 bits per heavy atom. The van der Waals surface area contributed by atoms with Gasteiger partial charge in [-0.25, -0.2) is 0 Å². The van der Waals surface area contributed by atoms with Gasteiger partial charge in [-0.1, -0.05) is 34.1 Å². The molecule has 6 heteroatoms. The number of hydrogen-bond acceptors (Lipinski definition) is 5. The molecular weight excluding hydrogens is 336 g/mol. The maximum absolute atomic E-state index is 10.5. The van der Waals surface area contributed by atoms with Gasteiger partial charge in [0.2, 0.25) is 0 Å². The fraction of sp³-hybridized carbons (Fsp3) is 0.947. The van der Waals surface area contributed by atoms with Crippen LogP contribution >= 0.6 is 0 Å². The monoisotopic (exact) mass is 376 g/mol. The van der Waals surface area contributed by atoms with Crippen molar-refractivity contribution in [3.63, 3.8) is 0 Å². The molecule has 0 aromatic heterocycles. The first kappa shape index (κ1) is 24.7. The molecule has 0 N–H and O–H groups in total.